The van der Waals surface area contributed by atoms with Gasteiger partial charge in [-0.15, -0.1) is 0 Å². The van der Waals surface area contributed by atoms with E-state index in [1.54, 1.807) is 0 Å². The summed E-state index contributed by atoms with van der Waals surface area (Å²) in [6.07, 6.45) is 2.59. The number of aromatic nitrogens is 1. The molecule has 2 heterocycles. The largest absolute Gasteiger partial charge is 0.390 e. The molecule has 2 atom stereocenters. The fraction of sp³-hybridized carbons (Fsp3) is 0.240. The lowest BCUT2D eigenvalue weighted by Crippen LogP contribution is -2.31. The molecule has 0 unspecified atom stereocenters. The number of fused-ring (bicyclic) bond motifs is 4. The van der Waals surface area contributed by atoms with Crippen LogP contribution in [0.5, 0.6) is 0 Å². The van der Waals surface area contributed by atoms with Crippen LogP contribution in [-0.2, 0) is 6.54 Å². The molecule has 29 heavy (non-hydrogen) atoms. The van der Waals surface area contributed by atoms with E-state index in [2.05, 4.69) is 81.6 Å². The lowest BCUT2D eigenvalue weighted by Gasteiger charge is -2.16. The Morgan fingerprint density at radius 1 is 0.897 bits per heavy atom. The van der Waals surface area contributed by atoms with Crippen LogP contribution in [0.2, 0.25) is 0 Å². The SMILES string of the molecule is O[C@@H](CNCC[C@H]1C=Nc2ccccc21)Cn1c2ccccc2c2ccccc21. The van der Waals surface area contributed by atoms with Gasteiger partial charge < -0.3 is 15.0 Å². The number of para-hydroxylation sites is 3. The van der Waals surface area contributed by atoms with Gasteiger partial charge in [-0.25, -0.2) is 0 Å². The van der Waals surface area contributed by atoms with E-state index >= 15 is 0 Å². The highest BCUT2D eigenvalue weighted by Gasteiger charge is 2.18. The third-order valence-corrected chi connectivity index (χ3v) is 5.82. The zero-order valence-corrected chi connectivity index (χ0v) is 16.3. The Bertz CT molecular complexity index is 1120. The van der Waals surface area contributed by atoms with E-state index in [0.29, 0.717) is 19.0 Å². The first-order valence-corrected chi connectivity index (χ1v) is 10.3. The van der Waals surface area contributed by atoms with Gasteiger partial charge in [-0.1, -0.05) is 54.6 Å². The summed E-state index contributed by atoms with van der Waals surface area (Å²) in [6, 6.07) is 25.2. The van der Waals surface area contributed by atoms with Gasteiger partial charge in [0.15, 0.2) is 0 Å². The van der Waals surface area contributed by atoms with E-state index < -0.39 is 6.10 Å². The average Bonchev–Trinajstić information content (AvgIpc) is 3.31. The molecular weight excluding hydrogens is 358 g/mol. The predicted molar refractivity (Wildman–Crippen MR) is 120 cm³/mol. The van der Waals surface area contributed by atoms with Crippen molar-refractivity contribution in [3.8, 4) is 0 Å². The van der Waals surface area contributed by atoms with Gasteiger partial charge in [-0.3, -0.25) is 4.99 Å². The molecule has 1 aromatic heterocycles. The lowest BCUT2D eigenvalue weighted by molar-refractivity contribution is 0.154. The second-order valence-corrected chi connectivity index (χ2v) is 7.74. The zero-order chi connectivity index (χ0) is 19.6. The minimum Gasteiger partial charge on any atom is -0.390 e. The molecule has 1 aliphatic heterocycles. The normalized spacial score (nSPS) is 16.5. The summed E-state index contributed by atoms with van der Waals surface area (Å²) < 4.78 is 2.23. The van der Waals surface area contributed by atoms with Crippen molar-refractivity contribution < 1.29 is 5.11 Å². The van der Waals surface area contributed by atoms with Crippen LogP contribution in [0.15, 0.2) is 77.8 Å². The second kappa shape index (κ2) is 7.82. The first-order valence-electron chi connectivity index (χ1n) is 10.3. The van der Waals surface area contributed by atoms with Gasteiger partial charge in [-0.05, 0) is 36.7 Å². The summed E-state index contributed by atoms with van der Waals surface area (Å²) in [5, 5.41) is 16.6. The molecule has 4 nitrogen and oxygen atoms in total. The van der Waals surface area contributed by atoms with Gasteiger partial charge >= 0.3 is 0 Å². The first kappa shape index (κ1) is 18.1. The lowest BCUT2D eigenvalue weighted by atomic mass is 9.98. The minimum absolute atomic E-state index is 0.369. The third-order valence-electron chi connectivity index (χ3n) is 5.82. The van der Waals surface area contributed by atoms with Crippen LogP contribution in [0.25, 0.3) is 21.8 Å². The second-order valence-electron chi connectivity index (χ2n) is 7.74. The van der Waals surface area contributed by atoms with Crippen LogP contribution >= 0.6 is 0 Å². The highest BCUT2D eigenvalue weighted by molar-refractivity contribution is 6.07. The maximum atomic E-state index is 10.7. The van der Waals surface area contributed by atoms with Crippen molar-refractivity contribution in [3.05, 3.63) is 78.4 Å². The number of aliphatic imine (C=N–C) groups is 1. The quantitative estimate of drug-likeness (QED) is 0.457. The van der Waals surface area contributed by atoms with Crippen molar-refractivity contribution in [2.75, 3.05) is 13.1 Å². The van der Waals surface area contributed by atoms with E-state index in [1.807, 2.05) is 12.3 Å². The number of hydrogen-bond acceptors (Lipinski definition) is 3. The fourth-order valence-corrected chi connectivity index (χ4v) is 4.40. The molecular formula is C25H25N3O. The summed E-state index contributed by atoms with van der Waals surface area (Å²) in [6.45, 7) is 2.01. The number of rotatable bonds is 7. The smallest absolute Gasteiger partial charge is 0.0843 e. The molecule has 0 fully saturated rings. The van der Waals surface area contributed by atoms with Crippen LogP contribution in [-0.4, -0.2) is 35.1 Å². The first-order chi connectivity index (χ1) is 14.3. The van der Waals surface area contributed by atoms with Crippen molar-refractivity contribution in [3.63, 3.8) is 0 Å². The van der Waals surface area contributed by atoms with E-state index in [0.717, 1.165) is 18.7 Å². The van der Waals surface area contributed by atoms with E-state index in [9.17, 15) is 5.11 Å². The summed E-state index contributed by atoms with van der Waals surface area (Å²) >= 11 is 0. The van der Waals surface area contributed by atoms with Crippen molar-refractivity contribution in [2.24, 2.45) is 4.99 Å². The number of nitrogens with zero attached hydrogens (tertiary/aromatic N) is 2. The van der Waals surface area contributed by atoms with Crippen molar-refractivity contribution >= 4 is 33.7 Å². The highest BCUT2D eigenvalue weighted by Crippen LogP contribution is 2.33. The topological polar surface area (TPSA) is 49.5 Å². The number of aliphatic hydroxyl groups is 1. The van der Waals surface area contributed by atoms with Crippen molar-refractivity contribution in [1.82, 2.24) is 9.88 Å². The Kier molecular flexibility index (Phi) is 4.88. The van der Waals surface area contributed by atoms with E-state index in [4.69, 9.17) is 0 Å². The molecule has 4 aromatic rings. The standard InChI is InChI=1S/C25H25N3O/c29-19(16-26-14-13-18-15-27-23-10-4-1-7-20(18)23)17-28-24-11-5-2-8-21(24)22-9-3-6-12-25(22)28/h1-12,15,18-19,26,29H,13-14,16-17H2/t18-,19-/m0/s1. The van der Waals surface area contributed by atoms with Crippen molar-refractivity contribution in [2.45, 2.75) is 25.0 Å². The number of aliphatic hydroxyl groups excluding tert-OH is 1. The van der Waals surface area contributed by atoms with Crippen LogP contribution < -0.4 is 5.32 Å². The highest BCUT2D eigenvalue weighted by atomic mass is 16.3. The summed E-state index contributed by atoms with van der Waals surface area (Å²) in [4.78, 5) is 4.50. The Balaban J connectivity index is 1.22. The third kappa shape index (κ3) is 3.46. The van der Waals surface area contributed by atoms with Crippen molar-refractivity contribution in [1.29, 1.82) is 0 Å². The molecule has 0 bridgehead atoms. The molecule has 0 saturated heterocycles. The van der Waals surface area contributed by atoms with Crippen LogP contribution in [0.1, 0.15) is 17.9 Å². The molecule has 2 N–H and O–H groups in total. The Morgan fingerprint density at radius 2 is 1.55 bits per heavy atom. The summed E-state index contributed by atoms with van der Waals surface area (Å²) in [7, 11) is 0. The van der Waals surface area contributed by atoms with Gasteiger partial charge in [0.25, 0.3) is 0 Å². The summed E-state index contributed by atoms with van der Waals surface area (Å²) in [5.74, 6) is 0.369. The van der Waals surface area contributed by atoms with Gasteiger partial charge in [-0.2, -0.15) is 0 Å². The number of hydrogen-bond donors (Lipinski definition) is 2. The van der Waals surface area contributed by atoms with Gasteiger partial charge in [0.2, 0.25) is 0 Å². The minimum atomic E-state index is -0.446. The fourth-order valence-electron chi connectivity index (χ4n) is 4.40. The average molecular weight is 383 g/mol. The Hall–Kier alpha value is -2.95. The molecule has 146 valence electrons. The maximum Gasteiger partial charge on any atom is 0.0843 e. The number of benzene rings is 3. The molecule has 0 radical (unpaired) electrons. The van der Waals surface area contributed by atoms with Gasteiger partial charge in [0.05, 0.1) is 18.3 Å². The Labute approximate surface area is 170 Å². The van der Waals surface area contributed by atoms with Crippen LogP contribution in [0, 0.1) is 0 Å². The molecule has 1 aliphatic rings. The Morgan fingerprint density at radius 3 is 2.31 bits per heavy atom. The molecule has 5 rings (SSSR count). The van der Waals surface area contributed by atoms with Crippen LogP contribution in [0.4, 0.5) is 5.69 Å². The van der Waals surface area contributed by atoms with Gasteiger partial charge in [0.1, 0.15) is 0 Å². The van der Waals surface area contributed by atoms with E-state index in [1.165, 1.54) is 27.4 Å². The molecule has 0 spiro atoms. The monoisotopic (exact) mass is 383 g/mol. The number of nitrogens with one attached hydrogen (secondary N) is 1. The van der Waals surface area contributed by atoms with Gasteiger partial charge in [0, 0.05) is 40.5 Å². The molecule has 0 aliphatic carbocycles. The molecule has 0 amide bonds. The maximum absolute atomic E-state index is 10.7. The summed E-state index contributed by atoms with van der Waals surface area (Å²) in [5.41, 5.74) is 4.74. The molecule has 4 heteroatoms. The molecule has 3 aromatic carbocycles. The zero-order valence-electron chi connectivity index (χ0n) is 16.3. The predicted octanol–water partition coefficient (Wildman–Crippen LogP) is 4.63. The van der Waals surface area contributed by atoms with E-state index in [-0.39, 0.29) is 0 Å². The van der Waals surface area contributed by atoms with Crippen LogP contribution in [0.3, 0.4) is 0 Å². The molecule has 0 saturated carbocycles.